The van der Waals surface area contributed by atoms with E-state index in [1.807, 2.05) is 0 Å². The summed E-state index contributed by atoms with van der Waals surface area (Å²) in [6.07, 6.45) is 2.09. The first-order valence-corrected chi connectivity index (χ1v) is 3.75. The van der Waals surface area contributed by atoms with E-state index in [0.29, 0.717) is 6.54 Å². The largest absolute Gasteiger partial charge is 0.379 e. The zero-order valence-electron chi connectivity index (χ0n) is 6.25. The molecule has 10 heavy (non-hydrogen) atoms. The second-order valence-corrected chi connectivity index (χ2v) is 2.44. The maximum absolute atomic E-state index is 5.33. The number of morpholine rings is 1. The molecule has 0 bridgehead atoms. The van der Waals surface area contributed by atoms with Crippen LogP contribution in [0.25, 0.3) is 0 Å². The smallest absolute Gasteiger partial charge is 0.0594 e. The van der Waals surface area contributed by atoms with Gasteiger partial charge in [0, 0.05) is 19.6 Å². The molecule has 0 spiro atoms. The minimum absolute atomic E-state index is 0.678. The molecule has 1 aliphatic heterocycles. The predicted molar refractivity (Wildman–Crippen MR) is 40.6 cm³/mol. The molecule has 1 heterocycles. The quantitative estimate of drug-likeness (QED) is 0.578. The normalized spacial score (nSPS) is 21.3. The molecule has 0 atom stereocenters. The lowest BCUT2D eigenvalue weighted by atomic mass is 10.3. The summed E-state index contributed by atoms with van der Waals surface area (Å²) in [4.78, 5) is 2.34. The summed E-state index contributed by atoms with van der Waals surface area (Å²) in [5.41, 5.74) is 5.33. The van der Waals surface area contributed by atoms with E-state index < -0.39 is 0 Å². The molecule has 3 heteroatoms. The average molecular weight is 143 g/mol. The second kappa shape index (κ2) is 4.66. The molecular weight excluding hydrogens is 128 g/mol. The van der Waals surface area contributed by atoms with Gasteiger partial charge in [-0.15, -0.1) is 0 Å². The van der Waals surface area contributed by atoms with Gasteiger partial charge in [-0.2, -0.15) is 0 Å². The minimum Gasteiger partial charge on any atom is -0.379 e. The van der Waals surface area contributed by atoms with Gasteiger partial charge >= 0.3 is 0 Å². The summed E-state index contributed by atoms with van der Waals surface area (Å²) >= 11 is 0. The van der Waals surface area contributed by atoms with E-state index in [9.17, 15) is 0 Å². The standard InChI is InChI=1S/C7H15N2O/c8-2-1-3-9-4-6-10-7-5-9/h1H,2-8H2. The van der Waals surface area contributed by atoms with Crippen molar-refractivity contribution in [1.82, 2.24) is 4.90 Å². The zero-order valence-corrected chi connectivity index (χ0v) is 6.25. The number of hydrogen-bond acceptors (Lipinski definition) is 3. The highest BCUT2D eigenvalue weighted by molar-refractivity contribution is 4.73. The molecule has 0 aliphatic carbocycles. The third kappa shape index (κ3) is 2.64. The van der Waals surface area contributed by atoms with Crippen molar-refractivity contribution in [1.29, 1.82) is 0 Å². The summed E-state index contributed by atoms with van der Waals surface area (Å²) in [5.74, 6) is 0. The predicted octanol–water partition coefficient (Wildman–Crippen LogP) is -0.518. The number of rotatable bonds is 3. The highest BCUT2D eigenvalue weighted by atomic mass is 16.5. The molecule has 3 nitrogen and oxygen atoms in total. The van der Waals surface area contributed by atoms with Gasteiger partial charge in [-0.3, -0.25) is 4.90 Å². The molecule has 0 aromatic rings. The Balaban J connectivity index is 2.02. The Morgan fingerprint density at radius 2 is 2.10 bits per heavy atom. The summed E-state index contributed by atoms with van der Waals surface area (Å²) in [7, 11) is 0. The van der Waals surface area contributed by atoms with E-state index in [0.717, 1.165) is 32.8 Å². The third-order valence-electron chi connectivity index (χ3n) is 1.66. The van der Waals surface area contributed by atoms with E-state index in [4.69, 9.17) is 10.5 Å². The van der Waals surface area contributed by atoms with Crippen molar-refractivity contribution in [3.8, 4) is 0 Å². The van der Waals surface area contributed by atoms with E-state index in [-0.39, 0.29) is 0 Å². The average Bonchev–Trinajstić information content (AvgIpc) is 2.03. The van der Waals surface area contributed by atoms with Gasteiger partial charge in [0.15, 0.2) is 0 Å². The first-order chi connectivity index (χ1) is 4.93. The van der Waals surface area contributed by atoms with Crippen molar-refractivity contribution >= 4 is 0 Å². The molecule has 1 rings (SSSR count). The topological polar surface area (TPSA) is 38.5 Å². The Morgan fingerprint density at radius 1 is 1.40 bits per heavy atom. The van der Waals surface area contributed by atoms with E-state index in [1.165, 1.54) is 0 Å². The van der Waals surface area contributed by atoms with Crippen LogP contribution in [0.5, 0.6) is 0 Å². The molecule has 0 aromatic heterocycles. The fourth-order valence-electron chi connectivity index (χ4n) is 1.04. The summed E-state index contributed by atoms with van der Waals surface area (Å²) in [6, 6.07) is 0. The molecule has 0 saturated carbocycles. The lowest BCUT2D eigenvalue weighted by Crippen LogP contribution is -2.37. The van der Waals surface area contributed by atoms with Crippen molar-refractivity contribution in [3.63, 3.8) is 0 Å². The van der Waals surface area contributed by atoms with Crippen molar-refractivity contribution < 1.29 is 4.74 Å². The SMILES string of the molecule is NC[CH]CN1CCOCC1. The first kappa shape index (κ1) is 7.98. The fourth-order valence-corrected chi connectivity index (χ4v) is 1.04. The maximum atomic E-state index is 5.33. The number of nitrogens with two attached hydrogens (primary N) is 1. The van der Waals surface area contributed by atoms with Crippen LogP contribution in [0, 0.1) is 6.42 Å². The lowest BCUT2D eigenvalue weighted by Gasteiger charge is -2.25. The van der Waals surface area contributed by atoms with Crippen molar-refractivity contribution in [3.05, 3.63) is 6.42 Å². The van der Waals surface area contributed by atoms with Crippen LogP contribution >= 0.6 is 0 Å². The van der Waals surface area contributed by atoms with Crippen LogP contribution in [-0.2, 0) is 4.74 Å². The molecule has 1 fully saturated rings. The molecule has 1 radical (unpaired) electrons. The van der Waals surface area contributed by atoms with Gasteiger partial charge in [0.1, 0.15) is 0 Å². The van der Waals surface area contributed by atoms with E-state index in [2.05, 4.69) is 11.3 Å². The number of nitrogens with zero attached hydrogens (tertiary/aromatic N) is 1. The molecule has 0 amide bonds. The van der Waals surface area contributed by atoms with Crippen molar-refractivity contribution in [2.75, 3.05) is 39.4 Å². The Kier molecular flexibility index (Phi) is 3.72. The third-order valence-corrected chi connectivity index (χ3v) is 1.66. The summed E-state index contributed by atoms with van der Waals surface area (Å²) in [5, 5.41) is 0. The molecule has 1 saturated heterocycles. The summed E-state index contributed by atoms with van der Waals surface area (Å²) in [6.45, 7) is 5.54. The van der Waals surface area contributed by atoms with Crippen molar-refractivity contribution in [2.24, 2.45) is 5.73 Å². The Bertz CT molecular complexity index is 81.7. The summed E-state index contributed by atoms with van der Waals surface area (Å²) < 4.78 is 5.19. The van der Waals surface area contributed by atoms with Crippen molar-refractivity contribution in [2.45, 2.75) is 0 Å². The molecular formula is C7H15N2O. The molecule has 0 aromatic carbocycles. The number of ether oxygens (including phenoxy) is 1. The number of hydrogen-bond donors (Lipinski definition) is 1. The van der Waals surface area contributed by atoms with Gasteiger partial charge in [-0.05, 0) is 13.0 Å². The van der Waals surface area contributed by atoms with Gasteiger partial charge in [-0.25, -0.2) is 0 Å². The Hall–Kier alpha value is -0.120. The molecule has 2 N–H and O–H groups in total. The van der Waals surface area contributed by atoms with Crippen LogP contribution in [0.15, 0.2) is 0 Å². The van der Waals surface area contributed by atoms with Gasteiger partial charge in [0.25, 0.3) is 0 Å². The van der Waals surface area contributed by atoms with Gasteiger partial charge in [-0.1, -0.05) is 0 Å². The molecule has 1 aliphatic rings. The highest BCUT2D eigenvalue weighted by Crippen LogP contribution is 1.95. The first-order valence-electron chi connectivity index (χ1n) is 3.75. The van der Waals surface area contributed by atoms with Crippen LogP contribution in [0.3, 0.4) is 0 Å². The minimum atomic E-state index is 0.678. The van der Waals surface area contributed by atoms with Gasteiger partial charge in [0.2, 0.25) is 0 Å². The highest BCUT2D eigenvalue weighted by Gasteiger charge is 2.08. The molecule has 0 unspecified atom stereocenters. The van der Waals surface area contributed by atoms with E-state index >= 15 is 0 Å². The van der Waals surface area contributed by atoms with E-state index in [1.54, 1.807) is 0 Å². The monoisotopic (exact) mass is 143 g/mol. The van der Waals surface area contributed by atoms with Crippen LogP contribution in [0.2, 0.25) is 0 Å². The zero-order chi connectivity index (χ0) is 7.23. The fraction of sp³-hybridized carbons (Fsp3) is 0.857. The maximum Gasteiger partial charge on any atom is 0.0594 e. The van der Waals surface area contributed by atoms with Gasteiger partial charge < -0.3 is 10.5 Å². The Labute approximate surface area is 62.1 Å². The van der Waals surface area contributed by atoms with Crippen LogP contribution in [0.1, 0.15) is 0 Å². The lowest BCUT2D eigenvalue weighted by molar-refractivity contribution is 0.0417. The molecule has 59 valence electrons. The van der Waals surface area contributed by atoms with Crippen LogP contribution < -0.4 is 5.73 Å². The van der Waals surface area contributed by atoms with Gasteiger partial charge in [0.05, 0.1) is 13.2 Å². The second-order valence-electron chi connectivity index (χ2n) is 2.44. The van der Waals surface area contributed by atoms with Crippen LogP contribution in [-0.4, -0.2) is 44.3 Å². The van der Waals surface area contributed by atoms with Crippen LogP contribution in [0.4, 0.5) is 0 Å². The Morgan fingerprint density at radius 3 is 2.70 bits per heavy atom.